The topological polar surface area (TPSA) is 110 Å². The van der Waals surface area contributed by atoms with Gasteiger partial charge in [0.1, 0.15) is 11.5 Å². The number of rotatable bonds is 6. The third-order valence-electron chi connectivity index (χ3n) is 8.78. The monoisotopic (exact) mass is 543 g/mol. The van der Waals surface area contributed by atoms with Crippen molar-refractivity contribution in [2.75, 3.05) is 46.4 Å². The predicted octanol–water partition coefficient (Wildman–Crippen LogP) is -0.296. The first-order valence-corrected chi connectivity index (χ1v) is 14.9. The number of nitrogens with one attached hydrogen (secondary N) is 5. The van der Waals surface area contributed by atoms with E-state index in [1.54, 1.807) is 18.9 Å². The van der Waals surface area contributed by atoms with E-state index >= 15 is 0 Å². The molecule has 10 unspecified atom stereocenters. The van der Waals surface area contributed by atoms with Crippen molar-refractivity contribution >= 4 is 35.2 Å². The molecule has 5 saturated heterocycles. The van der Waals surface area contributed by atoms with Gasteiger partial charge in [0.15, 0.2) is 0 Å². The van der Waals surface area contributed by atoms with Crippen LogP contribution in [0.1, 0.15) is 33.1 Å². The summed E-state index contributed by atoms with van der Waals surface area (Å²) in [5, 5.41) is 16.0. The van der Waals surface area contributed by atoms with Gasteiger partial charge in [-0.1, -0.05) is 6.92 Å². The molecule has 36 heavy (non-hydrogen) atoms. The first-order chi connectivity index (χ1) is 17.4. The molecule has 0 radical (unpaired) electrons. The highest BCUT2D eigenvalue weighted by Crippen LogP contribution is 2.38. The summed E-state index contributed by atoms with van der Waals surface area (Å²) in [7, 11) is 1.75. The number of hydrazine groups is 1. The zero-order valence-corrected chi connectivity index (χ0v) is 23.1. The number of thioether (sulfide) groups is 1. The van der Waals surface area contributed by atoms with Crippen molar-refractivity contribution < 1.29 is 14.3 Å². The van der Waals surface area contributed by atoms with Crippen molar-refractivity contribution in [2.45, 2.75) is 73.6 Å². The molecule has 5 aliphatic rings. The van der Waals surface area contributed by atoms with Crippen LogP contribution in [0.4, 0.5) is 0 Å². The summed E-state index contributed by atoms with van der Waals surface area (Å²) in [6.45, 7) is 8.75. The van der Waals surface area contributed by atoms with Gasteiger partial charge >= 0.3 is 0 Å². The Morgan fingerprint density at radius 2 is 2.00 bits per heavy atom. The minimum Gasteiger partial charge on any atom is -0.380 e. The summed E-state index contributed by atoms with van der Waals surface area (Å²) in [5.41, 5.74) is 3.09. The van der Waals surface area contributed by atoms with Crippen molar-refractivity contribution in [1.29, 1.82) is 0 Å². The van der Waals surface area contributed by atoms with Crippen LogP contribution in [0.15, 0.2) is 0 Å². The van der Waals surface area contributed by atoms with E-state index in [0.717, 1.165) is 38.9 Å². The number of piperidine rings is 2. The molecule has 5 aliphatic heterocycles. The average Bonchev–Trinajstić information content (AvgIpc) is 3.58. The van der Waals surface area contributed by atoms with Crippen molar-refractivity contribution in [3.63, 3.8) is 0 Å². The molecule has 0 saturated carbocycles. The summed E-state index contributed by atoms with van der Waals surface area (Å²) >= 11 is 8.21. The second-order valence-corrected chi connectivity index (χ2v) is 12.8. The fourth-order valence-corrected chi connectivity index (χ4v) is 8.56. The van der Waals surface area contributed by atoms with E-state index < -0.39 is 0 Å². The Bertz CT molecular complexity index is 798. The fourth-order valence-electron chi connectivity index (χ4n) is 6.86. The average molecular weight is 544 g/mol. The van der Waals surface area contributed by atoms with Gasteiger partial charge in [0, 0.05) is 63.7 Å². The third-order valence-corrected chi connectivity index (χ3v) is 10.5. The normalized spacial score (nSPS) is 43.5. The zero-order valence-electron chi connectivity index (χ0n) is 21.5. The van der Waals surface area contributed by atoms with E-state index in [-0.39, 0.29) is 58.8 Å². The molecule has 2 amide bonds. The number of likely N-dealkylation sites (N-methyl/N-ethyl adjacent to an activating group) is 1. The Hall–Kier alpha value is -0.660. The molecule has 0 aromatic heterocycles. The molecule has 5 heterocycles. The van der Waals surface area contributed by atoms with Crippen LogP contribution < -0.4 is 26.7 Å². The molecule has 5 fully saturated rings. The van der Waals surface area contributed by atoms with Gasteiger partial charge in [0.05, 0.1) is 17.5 Å². The number of methoxy groups -OCH3 is 1. The predicted molar refractivity (Wildman–Crippen MR) is 141 cm³/mol. The van der Waals surface area contributed by atoms with Crippen LogP contribution in [0.3, 0.4) is 0 Å². The van der Waals surface area contributed by atoms with E-state index in [1.165, 1.54) is 0 Å². The number of nitrogens with zero attached hydrogens (tertiary/aromatic N) is 2. The van der Waals surface area contributed by atoms with E-state index in [9.17, 15) is 9.59 Å². The molecule has 0 spiro atoms. The maximum absolute atomic E-state index is 13.6. The van der Waals surface area contributed by atoms with Gasteiger partial charge in [-0.05, 0) is 38.0 Å². The molecule has 10 atom stereocenters. The van der Waals surface area contributed by atoms with Crippen LogP contribution >= 0.6 is 23.4 Å². The summed E-state index contributed by atoms with van der Waals surface area (Å²) in [5.74, 6) is 0.649. The molecule has 0 bridgehead atoms. The molecule has 5 N–H and O–H groups in total. The molecule has 204 valence electrons. The smallest absolute Gasteiger partial charge is 0.241 e. The lowest BCUT2D eigenvalue weighted by molar-refractivity contribution is -0.135. The largest absolute Gasteiger partial charge is 0.380 e. The number of hydrogen-bond acceptors (Lipinski definition) is 9. The minimum atomic E-state index is -0.128. The van der Waals surface area contributed by atoms with Crippen LogP contribution in [-0.2, 0) is 14.3 Å². The quantitative estimate of drug-likeness (QED) is 0.228. The second kappa shape index (κ2) is 11.6. The van der Waals surface area contributed by atoms with Crippen molar-refractivity contribution in [2.24, 2.45) is 17.8 Å². The molecule has 12 heteroatoms. The van der Waals surface area contributed by atoms with E-state index in [4.69, 9.17) is 16.3 Å². The first-order valence-electron chi connectivity index (χ1n) is 13.5. The number of ether oxygens (including phenoxy) is 1. The van der Waals surface area contributed by atoms with Gasteiger partial charge in [0.25, 0.3) is 0 Å². The van der Waals surface area contributed by atoms with Crippen LogP contribution in [-0.4, -0.2) is 109 Å². The maximum Gasteiger partial charge on any atom is 0.241 e. The first kappa shape index (κ1) is 26.9. The number of carbonyl (C=O) groups is 2. The summed E-state index contributed by atoms with van der Waals surface area (Å²) < 4.78 is 5.80. The third kappa shape index (κ3) is 5.54. The van der Waals surface area contributed by atoms with E-state index in [1.807, 2.05) is 4.90 Å². The van der Waals surface area contributed by atoms with Gasteiger partial charge in [-0.25, -0.2) is 5.01 Å². The lowest BCUT2D eigenvalue weighted by Crippen LogP contribution is -2.57. The van der Waals surface area contributed by atoms with E-state index in [2.05, 4.69) is 45.5 Å². The van der Waals surface area contributed by atoms with Gasteiger partial charge in [0.2, 0.25) is 11.8 Å². The van der Waals surface area contributed by atoms with Crippen molar-refractivity contribution in [3.05, 3.63) is 0 Å². The Morgan fingerprint density at radius 3 is 2.75 bits per heavy atom. The van der Waals surface area contributed by atoms with Gasteiger partial charge in [-0.3, -0.25) is 25.6 Å². The van der Waals surface area contributed by atoms with Crippen molar-refractivity contribution in [1.82, 2.24) is 36.6 Å². The number of carbonyl (C=O) groups excluding carboxylic acids is 2. The number of likely N-dealkylation sites (tertiary alicyclic amines) is 1. The van der Waals surface area contributed by atoms with Crippen LogP contribution in [0, 0.1) is 17.8 Å². The Kier molecular flexibility index (Phi) is 8.68. The number of alkyl halides is 1. The summed E-state index contributed by atoms with van der Waals surface area (Å²) in [6, 6.07) is 0.500. The summed E-state index contributed by atoms with van der Waals surface area (Å²) in [4.78, 5) is 28.7. The molecular formula is C24H42ClN7O3S. The second-order valence-electron chi connectivity index (χ2n) is 10.9. The standard InChI is InChI=1S/C24H42ClN7O3S/c1-4-32-18(5-6-28-32)23(34)31-11-17-20(12-31)36-24(29-17)30-22(33)16-9-26-13(2)7-14(16)15-8-21(25)27-10-19(15)35-3/h13-21,24,26-29H,4-12H2,1-3H3,(H,30,33). The highest BCUT2D eigenvalue weighted by atomic mass is 35.5. The lowest BCUT2D eigenvalue weighted by Gasteiger charge is -2.45. The Balaban J connectivity index is 1.17. The molecule has 5 rings (SSSR count). The molecule has 10 nitrogen and oxygen atoms in total. The number of amides is 2. The molecular weight excluding hydrogens is 502 g/mol. The fraction of sp³-hybridized carbons (Fsp3) is 0.917. The van der Waals surface area contributed by atoms with Gasteiger partial charge < -0.3 is 20.3 Å². The lowest BCUT2D eigenvalue weighted by atomic mass is 9.70. The van der Waals surface area contributed by atoms with Crippen LogP contribution in [0.25, 0.3) is 0 Å². The number of halogens is 1. The van der Waals surface area contributed by atoms with Gasteiger partial charge in [-0.15, -0.1) is 23.4 Å². The van der Waals surface area contributed by atoms with E-state index in [0.29, 0.717) is 30.9 Å². The van der Waals surface area contributed by atoms with Crippen molar-refractivity contribution in [3.8, 4) is 0 Å². The number of hydrogen-bond donors (Lipinski definition) is 5. The Morgan fingerprint density at radius 1 is 1.17 bits per heavy atom. The van der Waals surface area contributed by atoms with Gasteiger partial charge in [-0.2, -0.15) is 0 Å². The molecule has 0 aromatic carbocycles. The SMILES string of the molecule is CCN1NCCC1C(=O)N1CC2NC(NC(=O)C3CNC(C)CC3C3CC(Cl)NCC3OC)SC2C1. The zero-order chi connectivity index (χ0) is 25.4. The highest BCUT2D eigenvalue weighted by Gasteiger charge is 2.47. The minimum absolute atomic E-state index is 0.0613. The molecule has 0 aliphatic carbocycles. The van der Waals surface area contributed by atoms with Crippen LogP contribution in [0.5, 0.6) is 0 Å². The maximum atomic E-state index is 13.6. The number of fused-ring (bicyclic) bond motifs is 1. The van der Waals surface area contributed by atoms with Crippen LogP contribution in [0.2, 0.25) is 0 Å². The summed E-state index contributed by atoms with van der Waals surface area (Å²) in [6.07, 6.45) is 2.66. The Labute approximate surface area is 223 Å². The highest BCUT2D eigenvalue weighted by molar-refractivity contribution is 8.00. The molecule has 0 aromatic rings.